The predicted octanol–water partition coefficient (Wildman–Crippen LogP) is 5.95. The molecule has 178 valence electrons. The molecule has 0 saturated heterocycles. The average Bonchev–Trinajstić information content (AvgIpc) is 2.81. The van der Waals surface area contributed by atoms with Gasteiger partial charge in [0.25, 0.3) is 0 Å². The van der Waals surface area contributed by atoms with E-state index in [9.17, 15) is 4.39 Å². The molecule has 0 aliphatic rings. The van der Waals surface area contributed by atoms with E-state index in [1.54, 1.807) is 33.5 Å². The fourth-order valence-corrected chi connectivity index (χ4v) is 3.86. The molecule has 0 atom stereocenters. The molecule has 33 heavy (non-hydrogen) atoms. The molecule has 1 N–H and O–H groups in total. The van der Waals surface area contributed by atoms with Crippen LogP contribution in [0.5, 0.6) is 23.0 Å². The van der Waals surface area contributed by atoms with Gasteiger partial charge in [-0.25, -0.2) is 4.39 Å². The smallest absolute Gasteiger partial charge is 0.175 e. The van der Waals surface area contributed by atoms with Crippen LogP contribution in [0.3, 0.4) is 0 Å². The maximum Gasteiger partial charge on any atom is 0.175 e. The lowest BCUT2D eigenvalue weighted by Gasteiger charge is -2.15. The first-order chi connectivity index (χ1) is 15.5. The summed E-state index contributed by atoms with van der Waals surface area (Å²) in [4.78, 5) is 0. The molecule has 0 amide bonds. The highest BCUT2D eigenvalue weighted by Gasteiger charge is 2.12. The molecule has 0 unspecified atom stereocenters. The summed E-state index contributed by atoms with van der Waals surface area (Å²) in [6, 6.07) is 16.1. The van der Waals surface area contributed by atoms with Gasteiger partial charge in [0.1, 0.15) is 12.4 Å². The topological polar surface area (TPSA) is 49.0 Å². The van der Waals surface area contributed by atoms with Crippen LogP contribution in [-0.4, -0.2) is 27.9 Å². The third-order valence-electron chi connectivity index (χ3n) is 4.95. The summed E-state index contributed by atoms with van der Waals surface area (Å²) >= 11 is 3.58. The van der Waals surface area contributed by atoms with Crippen LogP contribution in [0.1, 0.15) is 16.7 Å². The minimum atomic E-state index is -0.268. The normalized spacial score (nSPS) is 10.3. The monoisotopic (exact) mass is 539 g/mol. The third kappa shape index (κ3) is 7.52. The van der Waals surface area contributed by atoms with Crippen molar-refractivity contribution in [2.45, 2.75) is 19.6 Å². The molecule has 0 radical (unpaired) electrons. The Morgan fingerprint density at radius 3 is 2.09 bits per heavy atom. The first kappa shape index (κ1) is 26.8. The van der Waals surface area contributed by atoms with E-state index in [4.69, 9.17) is 18.9 Å². The van der Waals surface area contributed by atoms with Crippen molar-refractivity contribution in [2.75, 3.05) is 27.9 Å². The number of ether oxygens (including phenoxy) is 4. The van der Waals surface area contributed by atoms with Gasteiger partial charge in [-0.3, -0.25) is 0 Å². The number of rotatable bonds is 11. The van der Waals surface area contributed by atoms with E-state index in [0.29, 0.717) is 24.7 Å². The summed E-state index contributed by atoms with van der Waals surface area (Å²) in [5.41, 5.74) is 3.11. The predicted molar refractivity (Wildman–Crippen MR) is 134 cm³/mol. The van der Waals surface area contributed by atoms with Crippen LogP contribution in [-0.2, 0) is 19.6 Å². The minimum Gasteiger partial charge on any atom is -0.493 e. The largest absolute Gasteiger partial charge is 0.493 e. The highest BCUT2D eigenvalue weighted by Crippen LogP contribution is 2.37. The second-order valence-corrected chi connectivity index (χ2v) is 7.99. The van der Waals surface area contributed by atoms with Gasteiger partial charge in [-0.2, -0.15) is 0 Å². The Kier molecular flexibility index (Phi) is 10.8. The molecule has 0 heterocycles. The molecule has 0 saturated carbocycles. The van der Waals surface area contributed by atoms with Crippen LogP contribution in [0.2, 0.25) is 0 Å². The Bertz CT molecular complexity index is 1030. The highest BCUT2D eigenvalue weighted by molar-refractivity contribution is 9.10. The molecule has 0 spiro atoms. The molecule has 0 aromatic heterocycles. The lowest BCUT2D eigenvalue weighted by atomic mass is 10.1. The van der Waals surface area contributed by atoms with E-state index in [2.05, 4.69) is 21.2 Å². The second-order valence-electron chi connectivity index (χ2n) is 7.14. The van der Waals surface area contributed by atoms with Crippen LogP contribution >= 0.6 is 28.3 Å². The number of hydrogen-bond donors (Lipinski definition) is 1. The zero-order chi connectivity index (χ0) is 22.9. The van der Waals surface area contributed by atoms with Crippen LogP contribution in [0.25, 0.3) is 0 Å². The lowest BCUT2D eigenvalue weighted by molar-refractivity contribution is 0.282. The molecular formula is C25H28BrClFNO4. The van der Waals surface area contributed by atoms with Gasteiger partial charge < -0.3 is 24.3 Å². The Balaban J connectivity index is 0.00000385. The van der Waals surface area contributed by atoms with Gasteiger partial charge in [-0.15, -0.1) is 12.4 Å². The fourth-order valence-electron chi connectivity index (χ4n) is 3.25. The molecule has 0 aliphatic carbocycles. The second kappa shape index (κ2) is 13.3. The summed E-state index contributed by atoms with van der Waals surface area (Å²) in [5, 5.41) is 3.45. The van der Waals surface area contributed by atoms with Crippen LogP contribution in [0.15, 0.2) is 59.1 Å². The maximum absolute atomic E-state index is 13.1. The summed E-state index contributed by atoms with van der Waals surface area (Å²) in [5.74, 6) is 2.44. The fraction of sp³-hybridized carbons (Fsp3) is 0.280. The number of hydrogen-bond acceptors (Lipinski definition) is 5. The van der Waals surface area contributed by atoms with E-state index in [1.807, 2.05) is 30.3 Å². The van der Waals surface area contributed by atoms with Gasteiger partial charge in [0.05, 0.1) is 25.8 Å². The quantitative estimate of drug-likeness (QED) is 0.305. The summed E-state index contributed by atoms with van der Waals surface area (Å²) < 4.78 is 36.0. The Morgan fingerprint density at radius 2 is 1.42 bits per heavy atom. The van der Waals surface area contributed by atoms with E-state index in [1.165, 1.54) is 17.7 Å². The summed E-state index contributed by atoms with van der Waals surface area (Å²) in [7, 11) is 4.88. The third-order valence-corrected chi connectivity index (χ3v) is 5.54. The Labute approximate surface area is 208 Å². The zero-order valence-corrected chi connectivity index (χ0v) is 21.2. The van der Waals surface area contributed by atoms with Crippen molar-refractivity contribution >= 4 is 28.3 Å². The molecule has 3 rings (SSSR count). The number of methoxy groups -OCH3 is 3. The van der Waals surface area contributed by atoms with Crippen LogP contribution in [0, 0.1) is 5.82 Å². The molecule has 0 bridgehead atoms. The Morgan fingerprint density at radius 1 is 0.788 bits per heavy atom. The van der Waals surface area contributed by atoms with Crippen molar-refractivity contribution in [2.24, 2.45) is 0 Å². The van der Waals surface area contributed by atoms with Crippen molar-refractivity contribution < 1.29 is 23.3 Å². The standard InChI is InChI=1S/C25H27BrFNO4.ClH/c1-29-22-9-6-17(13-23(22)30-2)10-11-28-15-19-12-21(26)25(24(14-19)31-3)32-16-18-4-7-20(27)8-5-18;/h4-9,12-14,28H,10-11,15-16H2,1-3H3;1H. The van der Waals surface area contributed by atoms with Crippen molar-refractivity contribution in [3.8, 4) is 23.0 Å². The molecule has 3 aromatic rings. The minimum absolute atomic E-state index is 0. The van der Waals surface area contributed by atoms with Crippen LogP contribution in [0.4, 0.5) is 4.39 Å². The van der Waals surface area contributed by atoms with Gasteiger partial charge in [-0.1, -0.05) is 18.2 Å². The molecule has 0 fully saturated rings. The first-order valence-electron chi connectivity index (χ1n) is 10.2. The lowest BCUT2D eigenvalue weighted by Crippen LogP contribution is -2.17. The van der Waals surface area contributed by atoms with Gasteiger partial charge in [0, 0.05) is 6.54 Å². The van der Waals surface area contributed by atoms with Crippen molar-refractivity contribution in [1.29, 1.82) is 0 Å². The number of nitrogens with one attached hydrogen (secondary N) is 1. The number of halogens is 3. The average molecular weight is 541 g/mol. The van der Waals surface area contributed by atoms with Crippen molar-refractivity contribution in [1.82, 2.24) is 5.32 Å². The molecule has 8 heteroatoms. The van der Waals surface area contributed by atoms with Gasteiger partial charge in [0.15, 0.2) is 23.0 Å². The summed E-state index contributed by atoms with van der Waals surface area (Å²) in [6.45, 7) is 1.80. The molecule has 0 aliphatic heterocycles. The molecule has 3 aromatic carbocycles. The first-order valence-corrected chi connectivity index (χ1v) is 11.0. The number of benzene rings is 3. The van der Waals surface area contributed by atoms with Gasteiger partial charge in [0.2, 0.25) is 0 Å². The van der Waals surface area contributed by atoms with E-state index < -0.39 is 0 Å². The van der Waals surface area contributed by atoms with Crippen LogP contribution < -0.4 is 24.3 Å². The molecule has 5 nitrogen and oxygen atoms in total. The van der Waals surface area contributed by atoms with Crippen molar-refractivity contribution in [3.05, 3.63) is 81.6 Å². The Hall–Kier alpha value is -2.48. The van der Waals surface area contributed by atoms with E-state index in [0.717, 1.165) is 40.1 Å². The van der Waals surface area contributed by atoms with Crippen molar-refractivity contribution in [3.63, 3.8) is 0 Å². The van der Waals surface area contributed by atoms with E-state index in [-0.39, 0.29) is 18.2 Å². The SMILES string of the molecule is COc1ccc(CCNCc2cc(Br)c(OCc3ccc(F)cc3)c(OC)c2)cc1OC.Cl. The summed E-state index contributed by atoms with van der Waals surface area (Å²) in [6.07, 6.45) is 0.859. The molecular weight excluding hydrogens is 513 g/mol. The highest BCUT2D eigenvalue weighted by atomic mass is 79.9. The maximum atomic E-state index is 13.1. The zero-order valence-electron chi connectivity index (χ0n) is 18.8. The van der Waals surface area contributed by atoms with E-state index >= 15 is 0 Å². The van der Waals surface area contributed by atoms with Gasteiger partial charge >= 0.3 is 0 Å². The van der Waals surface area contributed by atoms with Gasteiger partial charge in [-0.05, 0) is 82.0 Å².